The number of hydrogen-bond donors (Lipinski definition) is 0. The van der Waals surface area contributed by atoms with Crippen LogP contribution in [-0.2, 0) is 5.41 Å². The van der Waals surface area contributed by atoms with Gasteiger partial charge in [0.1, 0.15) is 11.2 Å². The van der Waals surface area contributed by atoms with E-state index in [9.17, 15) is 0 Å². The van der Waals surface area contributed by atoms with E-state index in [-0.39, 0.29) is 5.41 Å². The highest BCUT2D eigenvalue weighted by atomic mass is 16.3. The molecule has 0 fully saturated rings. The highest BCUT2D eigenvalue weighted by Crippen LogP contribution is 2.50. The highest BCUT2D eigenvalue weighted by Gasteiger charge is 2.35. The molecule has 0 saturated heterocycles. The van der Waals surface area contributed by atoms with Gasteiger partial charge in [-0.2, -0.15) is 0 Å². The fourth-order valence-electron chi connectivity index (χ4n) is 8.37. The van der Waals surface area contributed by atoms with Crippen molar-refractivity contribution in [3.63, 3.8) is 0 Å². The van der Waals surface area contributed by atoms with Gasteiger partial charge in [0.05, 0.1) is 5.69 Å². The van der Waals surface area contributed by atoms with E-state index in [1.165, 1.54) is 38.6 Å². The SMILES string of the molecule is CC1(C)c2ccccc2-c2ccc(-c3cccc4c3oc3c(-c5cccc(N(c6ccccc6)c6cccc7ccccc67)c5)cccc34)cc21. The molecule has 0 saturated carbocycles. The summed E-state index contributed by atoms with van der Waals surface area (Å²) in [5.74, 6) is 0. The van der Waals surface area contributed by atoms with E-state index in [0.29, 0.717) is 0 Å². The summed E-state index contributed by atoms with van der Waals surface area (Å²) in [5, 5.41) is 4.68. The Labute approximate surface area is 297 Å². The first kappa shape index (κ1) is 29.5. The van der Waals surface area contributed by atoms with E-state index in [1.54, 1.807) is 0 Å². The van der Waals surface area contributed by atoms with Gasteiger partial charge in [0, 0.05) is 44.1 Å². The Kier molecular flexibility index (Phi) is 6.56. The highest BCUT2D eigenvalue weighted by molar-refractivity contribution is 6.13. The molecular weight excluding hydrogens is 619 g/mol. The Morgan fingerprint density at radius 1 is 0.412 bits per heavy atom. The van der Waals surface area contributed by atoms with Crippen LogP contribution in [0.2, 0.25) is 0 Å². The average molecular weight is 654 g/mol. The van der Waals surface area contributed by atoms with Crippen molar-refractivity contribution in [1.82, 2.24) is 0 Å². The first-order valence-electron chi connectivity index (χ1n) is 17.7. The maximum Gasteiger partial charge on any atom is 0.143 e. The van der Waals surface area contributed by atoms with Crippen molar-refractivity contribution in [2.45, 2.75) is 19.3 Å². The number of nitrogens with zero attached hydrogens (tertiary/aromatic N) is 1. The number of fused-ring (bicyclic) bond motifs is 7. The largest absolute Gasteiger partial charge is 0.455 e. The summed E-state index contributed by atoms with van der Waals surface area (Å²) in [4.78, 5) is 2.36. The van der Waals surface area contributed by atoms with Gasteiger partial charge >= 0.3 is 0 Å². The molecule has 0 N–H and O–H groups in total. The van der Waals surface area contributed by atoms with Crippen LogP contribution in [0.25, 0.3) is 66.1 Å². The molecule has 0 spiro atoms. The second-order valence-corrected chi connectivity index (χ2v) is 14.1. The summed E-state index contributed by atoms with van der Waals surface area (Å²) in [6, 6.07) is 63.4. The first-order valence-corrected chi connectivity index (χ1v) is 17.7. The van der Waals surface area contributed by atoms with Crippen LogP contribution < -0.4 is 4.90 Å². The van der Waals surface area contributed by atoms with Gasteiger partial charge in [-0.15, -0.1) is 0 Å². The molecule has 0 atom stereocenters. The van der Waals surface area contributed by atoms with Crippen LogP contribution in [0.4, 0.5) is 17.1 Å². The predicted molar refractivity (Wildman–Crippen MR) is 214 cm³/mol. The standard InChI is InChI=1S/C49H35NO/c1-49(2)44-26-9-8-21-40(44)41-29-28-34(31-45(41)49)39-23-13-25-43-42-24-12-22-38(47(42)51-48(39)43)33-16-10-19-36(30-33)50(35-17-4-3-5-18-35)46-27-11-15-32-14-6-7-20-37(32)46/h3-31H,1-2H3. The van der Waals surface area contributed by atoms with Crippen molar-refractivity contribution in [1.29, 1.82) is 0 Å². The summed E-state index contributed by atoms with van der Waals surface area (Å²) >= 11 is 0. The number of para-hydroxylation sites is 3. The second-order valence-electron chi connectivity index (χ2n) is 14.1. The normalized spacial score (nSPS) is 13.1. The Balaban J connectivity index is 1.12. The lowest BCUT2D eigenvalue weighted by Gasteiger charge is -2.27. The maximum absolute atomic E-state index is 6.97. The van der Waals surface area contributed by atoms with Gasteiger partial charge in [0.15, 0.2) is 0 Å². The van der Waals surface area contributed by atoms with Gasteiger partial charge < -0.3 is 9.32 Å². The number of furan rings is 1. The smallest absolute Gasteiger partial charge is 0.143 e. The summed E-state index contributed by atoms with van der Waals surface area (Å²) in [6.07, 6.45) is 0. The molecule has 9 aromatic rings. The topological polar surface area (TPSA) is 16.4 Å². The van der Waals surface area contributed by atoms with Crippen molar-refractivity contribution in [3.8, 4) is 33.4 Å². The summed E-state index contributed by atoms with van der Waals surface area (Å²) in [6.45, 7) is 4.67. The van der Waals surface area contributed by atoms with Crippen LogP contribution in [0, 0.1) is 0 Å². The van der Waals surface area contributed by atoms with Gasteiger partial charge in [-0.1, -0.05) is 153 Å². The molecule has 1 aliphatic rings. The van der Waals surface area contributed by atoms with Crippen molar-refractivity contribution in [2.24, 2.45) is 0 Å². The number of hydrogen-bond acceptors (Lipinski definition) is 2. The lowest BCUT2D eigenvalue weighted by atomic mass is 9.81. The summed E-state index contributed by atoms with van der Waals surface area (Å²) in [7, 11) is 0. The molecule has 1 aromatic heterocycles. The van der Waals surface area contributed by atoms with E-state index in [0.717, 1.165) is 55.7 Å². The second kappa shape index (κ2) is 11.3. The van der Waals surface area contributed by atoms with Crippen LogP contribution in [0.1, 0.15) is 25.0 Å². The number of benzene rings is 8. The molecule has 10 rings (SSSR count). The molecule has 1 aliphatic carbocycles. The van der Waals surface area contributed by atoms with Crippen LogP contribution in [0.5, 0.6) is 0 Å². The van der Waals surface area contributed by atoms with Crippen LogP contribution in [0.15, 0.2) is 180 Å². The lowest BCUT2D eigenvalue weighted by Crippen LogP contribution is -2.14. The molecule has 2 heteroatoms. The Morgan fingerprint density at radius 3 is 1.78 bits per heavy atom. The molecule has 242 valence electrons. The molecular formula is C49H35NO. The zero-order valence-electron chi connectivity index (χ0n) is 28.6. The van der Waals surface area contributed by atoms with E-state index < -0.39 is 0 Å². The predicted octanol–water partition coefficient (Wildman–Crippen LogP) is 13.8. The minimum absolute atomic E-state index is 0.0679. The van der Waals surface area contributed by atoms with Gasteiger partial charge in [-0.05, 0) is 75.2 Å². The van der Waals surface area contributed by atoms with Crippen molar-refractivity contribution in [3.05, 3.63) is 187 Å². The minimum atomic E-state index is -0.0679. The molecule has 51 heavy (non-hydrogen) atoms. The zero-order valence-corrected chi connectivity index (χ0v) is 28.6. The van der Waals surface area contributed by atoms with Crippen molar-refractivity contribution < 1.29 is 4.42 Å². The van der Waals surface area contributed by atoms with Gasteiger partial charge in [-0.3, -0.25) is 0 Å². The van der Waals surface area contributed by atoms with E-state index in [1.807, 2.05) is 0 Å². The fourth-order valence-corrected chi connectivity index (χ4v) is 8.37. The van der Waals surface area contributed by atoms with Crippen molar-refractivity contribution >= 4 is 49.8 Å². The monoisotopic (exact) mass is 653 g/mol. The molecule has 0 aliphatic heterocycles. The summed E-state index contributed by atoms with van der Waals surface area (Å²) < 4.78 is 6.97. The lowest BCUT2D eigenvalue weighted by molar-refractivity contribution is 0.660. The van der Waals surface area contributed by atoms with Crippen molar-refractivity contribution in [2.75, 3.05) is 4.90 Å². The Morgan fingerprint density at radius 2 is 0.980 bits per heavy atom. The van der Waals surface area contributed by atoms with Gasteiger partial charge in [0.25, 0.3) is 0 Å². The Bertz CT molecular complexity index is 2780. The van der Waals surface area contributed by atoms with Crippen LogP contribution >= 0.6 is 0 Å². The van der Waals surface area contributed by atoms with Gasteiger partial charge in [0.2, 0.25) is 0 Å². The first-order chi connectivity index (χ1) is 25.1. The molecule has 0 bridgehead atoms. The third-order valence-corrected chi connectivity index (χ3v) is 10.9. The van der Waals surface area contributed by atoms with Crippen LogP contribution in [0.3, 0.4) is 0 Å². The van der Waals surface area contributed by atoms with E-state index >= 15 is 0 Å². The molecule has 0 unspecified atom stereocenters. The zero-order chi connectivity index (χ0) is 34.1. The fraction of sp³-hybridized carbons (Fsp3) is 0.0612. The molecule has 1 heterocycles. The van der Waals surface area contributed by atoms with E-state index in [2.05, 4.69) is 195 Å². The average Bonchev–Trinajstić information content (AvgIpc) is 3.68. The minimum Gasteiger partial charge on any atom is -0.455 e. The van der Waals surface area contributed by atoms with E-state index in [4.69, 9.17) is 4.42 Å². The summed E-state index contributed by atoms with van der Waals surface area (Å²) in [5.41, 5.74) is 15.0. The van der Waals surface area contributed by atoms with Gasteiger partial charge in [-0.25, -0.2) is 0 Å². The Hall–Kier alpha value is -6.38. The molecule has 2 nitrogen and oxygen atoms in total. The maximum atomic E-state index is 6.97. The third-order valence-electron chi connectivity index (χ3n) is 10.9. The number of rotatable bonds is 5. The number of anilines is 3. The third kappa shape index (κ3) is 4.57. The molecule has 0 radical (unpaired) electrons. The molecule has 0 amide bonds. The quantitative estimate of drug-likeness (QED) is 0.184. The van der Waals surface area contributed by atoms with Crippen LogP contribution in [-0.4, -0.2) is 0 Å². The molecule has 8 aromatic carbocycles.